The Kier molecular flexibility index (Phi) is 9.41. The number of carbonyl (C=O) groups is 1. The van der Waals surface area contributed by atoms with Gasteiger partial charge >= 0.3 is 0 Å². The summed E-state index contributed by atoms with van der Waals surface area (Å²) in [5.41, 5.74) is 4.89. The minimum atomic E-state index is 0.281. The van der Waals surface area contributed by atoms with Crippen molar-refractivity contribution in [2.75, 3.05) is 51.5 Å². The highest BCUT2D eigenvalue weighted by Crippen LogP contribution is 2.37. The molecule has 0 unspecified atom stereocenters. The van der Waals surface area contributed by atoms with E-state index in [1.54, 1.807) is 11.8 Å². The first-order chi connectivity index (χ1) is 17.4. The lowest BCUT2D eigenvalue weighted by molar-refractivity contribution is -0.113. The molecule has 0 saturated carbocycles. The van der Waals surface area contributed by atoms with E-state index in [0.717, 1.165) is 74.1 Å². The Morgan fingerprint density at radius 2 is 1.97 bits per heavy atom. The van der Waals surface area contributed by atoms with E-state index in [2.05, 4.69) is 52.4 Å². The minimum Gasteiger partial charge on any atom is -0.381 e. The van der Waals surface area contributed by atoms with E-state index in [4.69, 9.17) is 9.72 Å². The SMILES string of the molecule is CSc1nc(NCC2CCN(C)CC2)cc(-c2n[nH]c3c2CCC(C)(C)C3)n1.O=CC1CCOCC1. The lowest BCUT2D eigenvalue weighted by atomic mass is 9.76. The smallest absolute Gasteiger partial charge is 0.189 e. The summed E-state index contributed by atoms with van der Waals surface area (Å²) in [4.78, 5) is 22.0. The van der Waals surface area contributed by atoms with E-state index in [-0.39, 0.29) is 5.92 Å². The average Bonchev–Trinajstić information content (AvgIpc) is 3.31. The summed E-state index contributed by atoms with van der Waals surface area (Å²) in [6.07, 6.45) is 10.7. The van der Waals surface area contributed by atoms with Crippen molar-refractivity contribution in [2.24, 2.45) is 17.3 Å². The molecular weight excluding hydrogens is 472 g/mol. The molecule has 0 bridgehead atoms. The predicted octanol–water partition coefficient (Wildman–Crippen LogP) is 4.47. The second kappa shape index (κ2) is 12.5. The summed E-state index contributed by atoms with van der Waals surface area (Å²) in [6, 6.07) is 2.07. The number of aldehydes is 1. The quantitative estimate of drug-likeness (QED) is 0.331. The topological polar surface area (TPSA) is 96.0 Å². The Hall–Kier alpha value is -1.97. The third-order valence-corrected chi connectivity index (χ3v) is 8.21. The van der Waals surface area contributed by atoms with Crippen LogP contribution in [0.5, 0.6) is 0 Å². The van der Waals surface area contributed by atoms with Gasteiger partial charge in [0.1, 0.15) is 17.8 Å². The van der Waals surface area contributed by atoms with Crippen LogP contribution in [0.15, 0.2) is 11.2 Å². The molecule has 3 aliphatic rings. The van der Waals surface area contributed by atoms with Crippen LogP contribution in [0.25, 0.3) is 11.4 Å². The van der Waals surface area contributed by atoms with Crippen molar-refractivity contribution in [3.05, 3.63) is 17.3 Å². The molecule has 2 aromatic heterocycles. The second-order valence-corrected chi connectivity index (χ2v) is 12.0. The molecule has 0 atom stereocenters. The zero-order chi connectivity index (χ0) is 25.5. The maximum Gasteiger partial charge on any atom is 0.189 e. The first-order valence-corrected chi connectivity index (χ1v) is 14.5. The van der Waals surface area contributed by atoms with Crippen LogP contribution in [0.4, 0.5) is 5.82 Å². The van der Waals surface area contributed by atoms with Crippen LogP contribution in [0, 0.1) is 17.3 Å². The zero-order valence-corrected chi connectivity index (χ0v) is 23.1. The van der Waals surface area contributed by atoms with Crippen LogP contribution in [-0.4, -0.2) is 77.5 Å². The van der Waals surface area contributed by atoms with Crippen LogP contribution in [-0.2, 0) is 22.4 Å². The number of aromatic nitrogens is 4. The van der Waals surface area contributed by atoms with Gasteiger partial charge < -0.3 is 19.7 Å². The van der Waals surface area contributed by atoms with Crippen molar-refractivity contribution >= 4 is 23.9 Å². The summed E-state index contributed by atoms with van der Waals surface area (Å²) in [5.74, 6) is 1.91. The number of thioether (sulfide) groups is 1. The van der Waals surface area contributed by atoms with E-state index >= 15 is 0 Å². The molecular formula is C27H42N6O2S. The standard InChI is InChI=1S/C21H32N6S.C6H10O2/c1-21(2)8-5-15-17(12-21)25-26-19(15)16-11-18(24-20(23-16)28-4)22-13-14-6-9-27(3)10-7-14;7-5-6-1-3-8-4-2-6/h11,14H,5-10,12-13H2,1-4H3,(H,25,26)(H,22,23,24);5-6H,1-4H2. The Labute approximate surface area is 219 Å². The van der Waals surface area contributed by atoms with Gasteiger partial charge in [-0.05, 0) is 82.7 Å². The molecule has 8 nitrogen and oxygen atoms in total. The molecule has 4 heterocycles. The fourth-order valence-corrected chi connectivity index (χ4v) is 5.53. The van der Waals surface area contributed by atoms with Crippen molar-refractivity contribution < 1.29 is 9.53 Å². The van der Waals surface area contributed by atoms with E-state index in [0.29, 0.717) is 11.3 Å². The molecule has 1 aliphatic carbocycles. The number of hydrogen-bond donors (Lipinski definition) is 2. The summed E-state index contributed by atoms with van der Waals surface area (Å²) in [6.45, 7) is 9.55. The summed E-state index contributed by atoms with van der Waals surface area (Å²) >= 11 is 1.59. The fraction of sp³-hybridized carbons (Fsp3) is 0.704. The minimum absolute atomic E-state index is 0.281. The van der Waals surface area contributed by atoms with Crippen LogP contribution in [0.2, 0.25) is 0 Å². The summed E-state index contributed by atoms with van der Waals surface area (Å²) in [5, 5.41) is 12.3. The molecule has 0 amide bonds. The van der Waals surface area contributed by atoms with Gasteiger partial charge in [0.15, 0.2) is 5.16 Å². The largest absolute Gasteiger partial charge is 0.381 e. The van der Waals surface area contributed by atoms with Gasteiger partial charge in [-0.3, -0.25) is 5.10 Å². The molecule has 2 N–H and O–H groups in total. The number of fused-ring (bicyclic) bond motifs is 1. The summed E-state index contributed by atoms with van der Waals surface area (Å²) in [7, 11) is 2.21. The number of likely N-dealkylation sites (tertiary alicyclic amines) is 1. The van der Waals surface area contributed by atoms with Gasteiger partial charge in [-0.15, -0.1) is 0 Å². The van der Waals surface area contributed by atoms with Crippen molar-refractivity contribution in [1.29, 1.82) is 0 Å². The van der Waals surface area contributed by atoms with Crippen molar-refractivity contribution in [1.82, 2.24) is 25.1 Å². The lowest BCUT2D eigenvalue weighted by Crippen LogP contribution is -2.33. The number of nitrogens with one attached hydrogen (secondary N) is 2. The molecule has 198 valence electrons. The number of anilines is 1. The van der Waals surface area contributed by atoms with E-state index in [1.165, 1.54) is 43.6 Å². The number of hydrogen-bond acceptors (Lipinski definition) is 8. The van der Waals surface area contributed by atoms with Gasteiger partial charge in [-0.1, -0.05) is 25.6 Å². The number of H-pyrrole nitrogens is 1. The van der Waals surface area contributed by atoms with E-state index < -0.39 is 0 Å². The third kappa shape index (κ3) is 7.29. The van der Waals surface area contributed by atoms with Gasteiger partial charge in [0.05, 0.1) is 5.69 Å². The predicted molar refractivity (Wildman–Crippen MR) is 146 cm³/mol. The van der Waals surface area contributed by atoms with Gasteiger partial charge in [-0.25, -0.2) is 9.97 Å². The van der Waals surface area contributed by atoms with Crippen LogP contribution in [0.3, 0.4) is 0 Å². The second-order valence-electron chi connectivity index (χ2n) is 11.2. The van der Waals surface area contributed by atoms with Crippen LogP contribution < -0.4 is 5.32 Å². The molecule has 36 heavy (non-hydrogen) atoms. The molecule has 2 fully saturated rings. The number of nitrogens with zero attached hydrogens (tertiary/aromatic N) is 4. The monoisotopic (exact) mass is 514 g/mol. The van der Waals surface area contributed by atoms with Crippen molar-refractivity contribution in [2.45, 2.75) is 63.9 Å². The molecule has 2 saturated heterocycles. The summed E-state index contributed by atoms with van der Waals surface area (Å²) < 4.78 is 5.04. The Morgan fingerprint density at radius 1 is 1.22 bits per heavy atom. The first kappa shape index (κ1) is 27.1. The highest BCUT2D eigenvalue weighted by atomic mass is 32.2. The number of piperidine rings is 1. The zero-order valence-electron chi connectivity index (χ0n) is 22.3. The Bertz CT molecular complexity index is 996. The van der Waals surface area contributed by atoms with E-state index in [9.17, 15) is 4.79 Å². The maximum atomic E-state index is 10.1. The number of aromatic amines is 1. The molecule has 0 aromatic carbocycles. The first-order valence-electron chi connectivity index (χ1n) is 13.3. The molecule has 2 aliphatic heterocycles. The highest BCUT2D eigenvalue weighted by Gasteiger charge is 2.29. The molecule has 9 heteroatoms. The number of carbonyl (C=O) groups excluding carboxylic acids is 1. The average molecular weight is 515 g/mol. The van der Waals surface area contributed by atoms with Crippen LogP contribution in [0.1, 0.15) is 57.2 Å². The van der Waals surface area contributed by atoms with E-state index in [1.807, 2.05) is 6.26 Å². The lowest BCUT2D eigenvalue weighted by Gasteiger charge is -2.29. The van der Waals surface area contributed by atoms with Crippen LogP contribution >= 0.6 is 11.8 Å². The number of ether oxygens (including phenoxy) is 1. The normalized spacial score (nSPS) is 20.8. The molecule has 5 rings (SSSR count). The van der Waals surface area contributed by atoms with Gasteiger partial charge in [-0.2, -0.15) is 5.10 Å². The van der Waals surface area contributed by atoms with Gasteiger partial charge in [0.25, 0.3) is 0 Å². The maximum absolute atomic E-state index is 10.1. The Balaban J connectivity index is 0.000000325. The highest BCUT2D eigenvalue weighted by molar-refractivity contribution is 7.98. The molecule has 0 spiro atoms. The third-order valence-electron chi connectivity index (χ3n) is 7.66. The van der Waals surface area contributed by atoms with Gasteiger partial charge in [0.2, 0.25) is 0 Å². The molecule has 2 aromatic rings. The number of rotatable bonds is 6. The van der Waals surface area contributed by atoms with Crippen molar-refractivity contribution in [3.63, 3.8) is 0 Å². The Morgan fingerprint density at radius 3 is 2.64 bits per heavy atom. The fourth-order valence-electron chi connectivity index (χ4n) is 5.15. The van der Waals surface area contributed by atoms with Crippen molar-refractivity contribution in [3.8, 4) is 11.4 Å². The molecule has 0 radical (unpaired) electrons. The van der Waals surface area contributed by atoms with Gasteiger partial charge in [0, 0.05) is 43.0 Å².